The summed E-state index contributed by atoms with van der Waals surface area (Å²) >= 11 is 0. The fraction of sp³-hybridized carbons (Fsp3) is 0.500. The van der Waals surface area contributed by atoms with E-state index in [0.717, 1.165) is 13.0 Å². The van der Waals surface area contributed by atoms with E-state index in [1.165, 1.54) is 11.1 Å². The topological polar surface area (TPSA) is 32.7 Å². The summed E-state index contributed by atoms with van der Waals surface area (Å²) in [7, 11) is 3.70. The van der Waals surface area contributed by atoms with Gasteiger partial charge in [0.05, 0.1) is 7.11 Å². The molecule has 0 fully saturated rings. The molecule has 0 saturated carbocycles. The maximum absolute atomic E-state index is 9.68. The van der Waals surface area contributed by atoms with Crippen LogP contribution in [0, 0.1) is 0 Å². The molecule has 1 aliphatic rings. The number of halogens is 1. The number of benzene rings is 1. The Bertz CT molecular complexity index is 382. The van der Waals surface area contributed by atoms with E-state index in [-0.39, 0.29) is 18.2 Å². The number of methoxy groups -OCH3 is 1. The lowest BCUT2D eigenvalue weighted by atomic mass is 9.93. The Morgan fingerprint density at radius 3 is 2.75 bits per heavy atom. The number of hydrogen-bond donors (Lipinski definition) is 1. The summed E-state index contributed by atoms with van der Waals surface area (Å²) in [5.41, 5.74) is 2.50. The zero-order chi connectivity index (χ0) is 11.0. The molecule has 1 N–H and O–H groups in total. The van der Waals surface area contributed by atoms with Crippen LogP contribution in [0.5, 0.6) is 11.5 Å². The van der Waals surface area contributed by atoms with E-state index in [4.69, 9.17) is 4.74 Å². The fourth-order valence-electron chi connectivity index (χ4n) is 2.12. The van der Waals surface area contributed by atoms with E-state index >= 15 is 0 Å². The quantitative estimate of drug-likeness (QED) is 0.822. The van der Waals surface area contributed by atoms with Gasteiger partial charge in [0.15, 0.2) is 11.5 Å². The second-order valence-corrected chi connectivity index (χ2v) is 4.13. The minimum Gasteiger partial charge on any atom is -0.504 e. The van der Waals surface area contributed by atoms with Crippen LogP contribution in [0.1, 0.15) is 24.1 Å². The smallest absolute Gasteiger partial charge is 0.160 e. The van der Waals surface area contributed by atoms with Crippen LogP contribution in [0.3, 0.4) is 0 Å². The highest BCUT2D eigenvalue weighted by atomic mass is 35.5. The summed E-state index contributed by atoms with van der Waals surface area (Å²) < 4.78 is 5.13. The van der Waals surface area contributed by atoms with Crippen LogP contribution in [0.2, 0.25) is 0 Å². The van der Waals surface area contributed by atoms with Crippen molar-refractivity contribution in [1.29, 1.82) is 0 Å². The van der Waals surface area contributed by atoms with E-state index in [1.54, 1.807) is 7.11 Å². The zero-order valence-corrected chi connectivity index (χ0v) is 10.7. The highest BCUT2D eigenvalue weighted by Crippen LogP contribution is 2.36. The van der Waals surface area contributed by atoms with Gasteiger partial charge in [-0.05, 0) is 43.7 Å². The molecule has 1 heterocycles. The summed E-state index contributed by atoms with van der Waals surface area (Å²) in [6.45, 7) is 3.22. The first-order chi connectivity index (χ1) is 7.13. The van der Waals surface area contributed by atoms with Crippen molar-refractivity contribution in [2.45, 2.75) is 19.4 Å². The Hall–Kier alpha value is -0.930. The minimum atomic E-state index is 0. The van der Waals surface area contributed by atoms with Gasteiger partial charge in [0.1, 0.15) is 0 Å². The van der Waals surface area contributed by atoms with Gasteiger partial charge in [0, 0.05) is 12.6 Å². The van der Waals surface area contributed by atoms with E-state index in [9.17, 15) is 5.11 Å². The fourth-order valence-corrected chi connectivity index (χ4v) is 2.12. The molecule has 90 valence electrons. The van der Waals surface area contributed by atoms with Gasteiger partial charge in [-0.15, -0.1) is 12.4 Å². The van der Waals surface area contributed by atoms with Crippen LogP contribution in [0.15, 0.2) is 12.1 Å². The molecule has 16 heavy (non-hydrogen) atoms. The largest absolute Gasteiger partial charge is 0.504 e. The molecule has 0 radical (unpaired) electrons. The average Bonchev–Trinajstić information content (AvgIpc) is 2.23. The summed E-state index contributed by atoms with van der Waals surface area (Å²) in [4.78, 5) is 2.30. The van der Waals surface area contributed by atoms with Crippen molar-refractivity contribution >= 4 is 12.4 Å². The molecule has 1 aliphatic heterocycles. The predicted octanol–water partition coefficient (Wildman–Crippen LogP) is 2.37. The van der Waals surface area contributed by atoms with Crippen LogP contribution in [0.25, 0.3) is 0 Å². The molecule has 0 aromatic heterocycles. The number of phenols is 1. The van der Waals surface area contributed by atoms with Crippen molar-refractivity contribution in [2.24, 2.45) is 0 Å². The van der Waals surface area contributed by atoms with Gasteiger partial charge >= 0.3 is 0 Å². The monoisotopic (exact) mass is 243 g/mol. The molecule has 0 saturated heterocycles. The van der Waals surface area contributed by atoms with Crippen molar-refractivity contribution in [2.75, 3.05) is 20.7 Å². The molecule has 0 spiro atoms. The van der Waals surface area contributed by atoms with E-state index in [1.807, 2.05) is 12.1 Å². The van der Waals surface area contributed by atoms with E-state index in [0.29, 0.717) is 11.8 Å². The van der Waals surface area contributed by atoms with Crippen LogP contribution < -0.4 is 4.74 Å². The van der Waals surface area contributed by atoms with E-state index in [2.05, 4.69) is 18.9 Å². The predicted molar refractivity (Wildman–Crippen MR) is 66.7 cm³/mol. The molecule has 0 bridgehead atoms. The minimum absolute atomic E-state index is 0. The molecule has 1 aromatic rings. The van der Waals surface area contributed by atoms with Gasteiger partial charge in [-0.25, -0.2) is 0 Å². The molecule has 2 rings (SSSR count). The lowest BCUT2D eigenvalue weighted by molar-refractivity contribution is 0.246. The molecule has 1 atom stereocenters. The molecular formula is C12H18ClNO2. The van der Waals surface area contributed by atoms with Crippen LogP contribution in [-0.4, -0.2) is 30.7 Å². The van der Waals surface area contributed by atoms with Crippen LogP contribution in [0.4, 0.5) is 0 Å². The van der Waals surface area contributed by atoms with Crippen molar-refractivity contribution in [3.05, 3.63) is 23.3 Å². The molecule has 3 nitrogen and oxygen atoms in total. The molecule has 0 aliphatic carbocycles. The van der Waals surface area contributed by atoms with Gasteiger partial charge in [-0.3, -0.25) is 4.90 Å². The van der Waals surface area contributed by atoms with Gasteiger partial charge < -0.3 is 9.84 Å². The van der Waals surface area contributed by atoms with Crippen molar-refractivity contribution in [3.63, 3.8) is 0 Å². The number of likely N-dealkylation sites (N-methyl/N-ethyl adjacent to an activating group) is 1. The Kier molecular flexibility index (Phi) is 4.05. The third-order valence-corrected chi connectivity index (χ3v) is 3.29. The summed E-state index contributed by atoms with van der Waals surface area (Å²) in [5, 5.41) is 9.68. The highest BCUT2D eigenvalue weighted by molar-refractivity contribution is 5.85. The maximum Gasteiger partial charge on any atom is 0.160 e. The number of nitrogens with zero attached hydrogens (tertiary/aromatic N) is 1. The van der Waals surface area contributed by atoms with Crippen molar-refractivity contribution in [3.8, 4) is 11.5 Å². The number of phenolic OH excluding ortho intramolecular Hbond substituents is 1. The normalized spacial score (nSPS) is 19.8. The van der Waals surface area contributed by atoms with Crippen LogP contribution in [-0.2, 0) is 6.42 Å². The number of aromatic hydroxyl groups is 1. The Balaban J connectivity index is 0.00000128. The van der Waals surface area contributed by atoms with Crippen molar-refractivity contribution < 1.29 is 9.84 Å². The molecule has 0 unspecified atom stereocenters. The SMILES string of the molecule is COc1cc2c(cc1O)CCN(C)[C@H]2C.Cl. The Morgan fingerprint density at radius 2 is 2.12 bits per heavy atom. The molecule has 1 aromatic carbocycles. The van der Waals surface area contributed by atoms with Crippen molar-refractivity contribution in [1.82, 2.24) is 4.90 Å². The number of ether oxygens (including phenoxy) is 1. The summed E-state index contributed by atoms with van der Waals surface area (Å²) in [6.07, 6.45) is 0.994. The first kappa shape index (κ1) is 13.1. The lowest BCUT2D eigenvalue weighted by Crippen LogP contribution is -2.30. The third kappa shape index (κ3) is 2.11. The number of hydrogen-bond acceptors (Lipinski definition) is 3. The molecule has 0 amide bonds. The molecular weight excluding hydrogens is 226 g/mol. The van der Waals surface area contributed by atoms with Gasteiger partial charge in [-0.2, -0.15) is 0 Å². The maximum atomic E-state index is 9.68. The second kappa shape index (κ2) is 4.93. The first-order valence-electron chi connectivity index (χ1n) is 5.23. The number of rotatable bonds is 1. The highest BCUT2D eigenvalue weighted by Gasteiger charge is 2.22. The Labute approximate surface area is 102 Å². The first-order valence-corrected chi connectivity index (χ1v) is 5.23. The van der Waals surface area contributed by atoms with Gasteiger partial charge in [-0.1, -0.05) is 0 Å². The van der Waals surface area contributed by atoms with Gasteiger partial charge in [0.2, 0.25) is 0 Å². The number of fused-ring (bicyclic) bond motifs is 1. The molecule has 4 heteroatoms. The summed E-state index contributed by atoms with van der Waals surface area (Å²) in [6, 6.07) is 4.17. The third-order valence-electron chi connectivity index (χ3n) is 3.29. The second-order valence-electron chi connectivity index (χ2n) is 4.13. The van der Waals surface area contributed by atoms with Crippen LogP contribution >= 0.6 is 12.4 Å². The van der Waals surface area contributed by atoms with Gasteiger partial charge in [0.25, 0.3) is 0 Å². The zero-order valence-electron chi connectivity index (χ0n) is 9.86. The van der Waals surface area contributed by atoms with E-state index < -0.39 is 0 Å². The average molecular weight is 244 g/mol. The lowest BCUT2D eigenvalue weighted by Gasteiger charge is -2.32. The Morgan fingerprint density at radius 1 is 1.44 bits per heavy atom. The standard InChI is InChI=1S/C12H17NO2.ClH/c1-8-10-7-12(15-3)11(14)6-9(10)4-5-13(8)2;/h6-8,14H,4-5H2,1-3H3;1H/t8-;/m0./s1. The summed E-state index contributed by atoms with van der Waals surface area (Å²) in [5.74, 6) is 0.809.